The van der Waals surface area contributed by atoms with Crippen molar-refractivity contribution in [2.24, 2.45) is 0 Å². The fraction of sp³-hybridized carbons (Fsp3) is 0. The molecule has 0 aliphatic heterocycles. The molecule has 1 aromatic carbocycles. The van der Waals surface area contributed by atoms with Gasteiger partial charge in [0, 0.05) is 17.7 Å². The number of hydrogen-bond acceptors (Lipinski definition) is 2. The molecule has 15 heavy (non-hydrogen) atoms. The molecule has 0 spiro atoms. The lowest BCUT2D eigenvalue weighted by atomic mass is 10.2. The van der Waals surface area contributed by atoms with Crippen molar-refractivity contribution in [2.75, 3.05) is 0 Å². The predicted octanol–water partition coefficient (Wildman–Crippen LogP) is 3.28. The molecule has 0 unspecified atom stereocenters. The van der Waals surface area contributed by atoms with Gasteiger partial charge in [-0.15, -0.1) is 0 Å². The average molecular weight is 220 g/mol. The normalized spacial score (nSPS) is 9.53. The standard InChI is InChI=1S/C7H5N2O.BF4/c8-9-7-3-1-6(5-10)2-4-7;2-1(3,4)5/h1-5H;/q+1;-1. The van der Waals surface area contributed by atoms with Crippen molar-refractivity contribution in [3.63, 3.8) is 0 Å². The first kappa shape index (κ1) is 13.1. The topological polar surface area (TPSA) is 45.2 Å². The molecule has 0 saturated carbocycles. The number of diazo groups is 1. The van der Waals surface area contributed by atoms with Crippen molar-refractivity contribution in [2.45, 2.75) is 0 Å². The van der Waals surface area contributed by atoms with Crippen molar-refractivity contribution >= 4 is 19.2 Å². The molecule has 0 fully saturated rings. The third-order valence-electron chi connectivity index (χ3n) is 1.14. The van der Waals surface area contributed by atoms with Crippen LogP contribution in [0.25, 0.3) is 4.98 Å². The van der Waals surface area contributed by atoms with Gasteiger partial charge in [0.1, 0.15) is 6.29 Å². The van der Waals surface area contributed by atoms with Crippen LogP contribution in [0, 0.1) is 5.39 Å². The number of rotatable bonds is 1. The minimum Gasteiger partial charge on any atom is -0.418 e. The molecule has 0 bridgehead atoms. The second-order valence-corrected chi connectivity index (χ2v) is 2.30. The Morgan fingerprint density at radius 2 is 1.53 bits per heavy atom. The first-order valence-electron chi connectivity index (χ1n) is 3.64. The van der Waals surface area contributed by atoms with Crippen LogP contribution in [0.15, 0.2) is 24.3 Å². The average Bonchev–Trinajstić information content (AvgIpc) is 2.15. The Hall–Kier alpha value is -1.91. The summed E-state index contributed by atoms with van der Waals surface area (Å²) in [6.07, 6.45) is 0.737. The first-order valence-corrected chi connectivity index (χ1v) is 3.64. The minimum absolute atomic E-state index is 0.450. The van der Waals surface area contributed by atoms with Crippen molar-refractivity contribution in [3.05, 3.63) is 34.8 Å². The molecular formula is C7H5BF4N2O. The van der Waals surface area contributed by atoms with Crippen LogP contribution in [0.1, 0.15) is 10.4 Å². The number of hydrogen-bond donors (Lipinski definition) is 0. The largest absolute Gasteiger partial charge is 0.673 e. The maximum atomic E-state index is 10.1. The third-order valence-corrected chi connectivity index (χ3v) is 1.14. The van der Waals surface area contributed by atoms with E-state index < -0.39 is 7.25 Å². The molecule has 3 nitrogen and oxygen atoms in total. The summed E-state index contributed by atoms with van der Waals surface area (Å²) < 4.78 is 39.0. The molecule has 0 N–H and O–H groups in total. The second kappa shape index (κ2) is 5.75. The summed E-state index contributed by atoms with van der Waals surface area (Å²) in [5.74, 6) is 0. The first-order chi connectivity index (χ1) is 6.86. The molecule has 0 heterocycles. The fourth-order valence-electron chi connectivity index (χ4n) is 0.620. The van der Waals surface area contributed by atoms with E-state index in [1.807, 2.05) is 0 Å². The van der Waals surface area contributed by atoms with Gasteiger partial charge in [-0.05, 0) is 12.1 Å². The van der Waals surface area contributed by atoms with E-state index in [1.54, 1.807) is 24.3 Å². The predicted molar refractivity (Wildman–Crippen MR) is 46.8 cm³/mol. The number of aldehydes is 1. The van der Waals surface area contributed by atoms with Crippen molar-refractivity contribution < 1.29 is 22.1 Å². The van der Waals surface area contributed by atoms with E-state index in [9.17, 15) is 22.1 Å². The Labute approximate surface area is 82.4 Å². The highest BCUT2D eigenvalue weighted by Crippen LogP contribution is 2.10. The van der Waals surface area contributed by atoms with Crippen molar-refractivity contribution in [1.29, 1.82) is 5.39 Å². The zero-order chi connectivity index (χ0) is 11.9. The molecule has 0 amide bonds. The SMILES string of the molecule is F[B-](F)(F)F.N#[N+]c1ccc(C=O)cc1. The lowest BCUT2D eigenvalue weighted by Crippen LogP contribution is -2.02. The number of carbonyl (C=O) groups excluding carboxylic acids is 1. The van der Waals surface area contributed by atoms with Gasteiger partial charge in [-0.2, -0.15) is 0 Å². The van der Waals surface area contributed by atoms with Gasteiger partial charge in [0.2, 0.25) is 5.39 Å². The molecule has 1 aromatic rings. The smallest absolute Gasteiger partial charge is 0.418 e. The van der Waals surface area contributed by atoms with Crippen LogP contribution < -0.4 is 0 Å². The van der Waals surface area contributed by atoms with E-state index in [4.69, 9.17) is 5.39 Å². The number of carbonyl (C=O) groups is 1. The summed E-state index contributed by atoms with van der Waals surface area (Å²) in [7, 11) is -6.00. The maximum Gasteiger partial charge on any atom is 0.673 e. The van der Waals surface area contributed by atoms with Gasteiger partial charge in [-0.1, -0.05) is 0 Å². The van der Waals surface area contributed by atoms with Gasteiger partial charge in [0.15, 0.2) is 4.98 Å². The van der Waals surface area contributed by atoms with E-state index >= 15 is 0 Å². The Morgan fingerprint density at radius 3 is 1.80 bits per heavy atom. The second-order valence-electron chi connectivity index (χ2n) is 2.30. The van der Waals surface area contributed by atoms with E-state index in [2.05, 4.69) is 4.98 Å². The van der Waals surface area contributed by atoms with E-state index in [0.717, 1.165) is 6.29 Å². The van der Waals surface area contributed by atoms with Gasteiger partial charge in [0.25, 0.3) is 0 Å². The molecule has 0 atom stereocenters. The summed E-state index contributed by atoms with van der Waals surface area (Å²) in [5, 5.41) is 8.24. The molecule has 0 aromatic heterocycles. The molecule has 80 valence electrons. The Bertz CT molecular complexity index is 351. The molecule has 1 rings (SSSR count). The van der Waals surface area contributed by atoms with Crippen LogP contribution >= 0.6 is 0 Å². The van der Waals surface area contributed by atoms with Gasteiger partial charge < -0.3 is 17.3 Å². The summed E-state index contributed by atoms with van der Waals surface area (Å²) >= 11 is 0. The fourth-order valence-corrected chi connectivity index (χ4v) is 0.620. The van der Waals surface area contributed by atoms with Crippen molar-refractivity contribution in [3.8, 4) is 0 Å². The van der Waals surface area contributed by atoms with Crippen LogP contribution in [0.5, 0.6) is 0 Å². The van der Waals surface area contributed by atoms with Crippen LogP contribution in [0.4, 0.5) is 23.0 Å². The molecule has 0 aliphatic carbocycles. The zero-order valence-electron chi connectivity index (χ0n) is 7.28. The zero-order valence-corrected chi connectivity index (χ0v) is 7.28. The maximum absolute atomic E-state index is 10.1. The van der Waals surface area contributed by atoms with E-state index in [-0.39, 0.29) is 0 Å². The lowest BCUT2D eigenvalue weighted by molar-refractivity contribution is 0.112. The third kappa shape index (κ3) is 8.43. The molecule has 0 aliphatic rings. The molecule has 0 saturated heterocycles. The molecule has 8 heteroatoms. The summed E-state index contributed by atoms with van der Waals surface area (Å²) in [6.45, 7) is 0. The number of halogens is 4. The van der Waals surface area contributed by atoms with Gasteiger partial charge in [-0.25, -0.2) is 0 Å². The Balaban J connectivity index is 0.000000336. The monoisotopic (exact) mass is 220 g/mol. The Kier molecular flexibility index (Phi) is 5.02. The van der Waals surface area contributed by atoms with Crippen LogP contribution in [0.3, 0.4) is 0 Å². The number of nitrogens with zero attached hydrogens (tertiary/aromatic N) is 2. The summed E-state index contributed by atoms with van der Waals surface area (Å²) in [4.78, 5) is 13.0. The summed E-state index contributed by atoms with van der Waals surface area (Å²) in [5.41, 5.74) is 1.03. The molecular weight excluding hydrogens is 215 g/mol. The van der Waals surface area contributed by atoms with Gasteiger partial charge >= 0.3 is 12.9 Å². The molecule has 0 radical (unpaired) electrons. The Morgan fingerprint density at radius 1 is 1.13 bits per heavy atom. The van der Waals surface area contributed by atoms with Crippen LogP contribution in [-0.2, 0) is 0 Å². The highest BCUT2D eigenvalue weighted by atomic mass is 19.5. The van der Waals surface area contributed by atoms with Crippen molar-refractivity contribution in [1.82, 2.24) is 0 Å². The highest BCUT2D eigenvalue weighted by Gasteiger charge is 2.20. The quantitative estimate of drug-likeness (QED) is 0.315. The minimum atomic E-state index is -6.00. The van der Waals surface area contributed by atoms with Gasteiger partial charge in [0.05, 0.1) is 0 Å². The summed E-state index contributed by atoms with van der Waals surface area (Å²) in [6, 6.07) is 6.29. The van der Waals surface area contributed by atoms with Crippen LogP contribution in [-0.4, -0.2) is 13.5 Å². The highest BCUT2D eigenvalue weighted by molar-refractivity contribution is 6.50. The lowest BCUT2D eigenvalue weighted by Gasteiger charge is -1.94. The van der Waals surface area contributed by atoms with Gasteiger partial charge in [-0.3, -0.25) is 4.79 Å². The van der Waals surface area contributed by atoms with E-state index in [1.165, 1.54) is 0 Å². The van der Waals surface area contributed by atoms with Crippen LogP contribution in [0.2, 0.25) is 0 Å². The van der Waals surface area contributed by atoms with E-state index in [0.29, 0.717) is 11.3 Å². The number of benzene rings is 1.